The number of aromatic nitrogens is 2. The molecule has 1 heterocycles. The smallest absolute Gasteiger partial charge is 0.251 e. The van der Waals surface area contributed by atoms with E-state index >= 15 is 0 Å². The zero-order valence-corrected chi connectivity index (χ0v) is 14.6. The molecule has 26 heavy (non-hydrogen) atoms. The average Bonchev–Trinajstić information content (AvgIpc) is 3.17. The van der Waals surface area contributed by atoms with Crippen molar-refractivity contribution in [2.45, 2.75) is 6.42 Å². The second-order valence-electron chi connectivity index (χ2n) is 5.48. The van der Waals surface area contributed by atoms with E-state index in [-0.39, 0.29) is 5.91 Å². The molecule has 7 heteroatoms. The van der Waals surface area contributed by atoms with Crippen molar-refractivity contribution in [1.82, 2.24) is 15.5 Å². The highest BCUT2D eigenvalue weighted by atomic mass is 16.5. The third kappa shape index (κ3) is 4.18. The molecule has 2 aromatic carbocycles. The molecular weight excluding hydrogens is 334 g/mol. The summed E-state index contributed by atoms with van der Waals surface area (Å²) in [7, 11) is 3.16. The summed E-state index contributed by atoms with van der Waals surface area (Å²) in [5.41, 5.74) is 1.34. The van der Waals surface area contributed by atoms with Gasteiger partial charge in [-0.15, -0.1) is 0 Å². The summed E-state index contributed by atoms with van der Waals surface area (Å²) in [5, 5.41) is 6.79. The van der Waals surface area contributed by atoms with Gasteiger partial charge in [-0.05, 0) is 30.3 Å². The highest BCUT2D eigenvalue weighted by molar-refractivity contribution is 5.94. The maximum atomic E-state index is 12.2. The van der Waals surface area contributed by atoms with E-state index in [4.69, 9.17) is 14.0 Å². The van der Waals surface area contributed by atoms with Gasteiger partial charge < -0.3 is 19.3 Å². The number of hydrogen-bond acceptors (Lipinski definition) is 6. The van der Waals surface area contributed by atoms with E-state index in [1.54, 1.807) is 38.5 Å². The normalized spacial score (nSPS) is 10.4. The molecule has 1 amide bonds. The fourth-order valence-corrected chi connectivity index (χ4v) is 2.39. The molecular formula is C19H19N3O4. The van der Waals surface area contributed by atoms with Crippen LogP contribution in [0.2, 0.25) is 0 Å². The number of nitrogens with zero attached hydrogens (tertiary/aromatic N) is 2. The van der Waals surface area contributed by atoms with Gasteiger partial charge in [0.1, 0.15) is 11.5 Å². The van der Waals surface area contributed by atoms with Crippen LogP contribution in [0.25, 0.3) is 11.4 Å². The van der Waals surface area contributed by atoms with Crippen molar-refractivity contribution in [3.63, 3.8) is 0 Å². The number of hydrogen-bond donors (Lipinski definition) is 1. The van der Waals surface area contributed by atoms with Crippen molar-refractivity contribution in [3.8, 4) is 22.9 Å². The van der Waals surface area contributed by atoms with E-state index in [1.165, 1.54) is 0 Å². The molecule has 0 fully saturated rings. The number of carbonyl (C=O) groups is 1. The summed E-state index contributed by atoms with van der Waals surface area (Å²) in [5.74, 6) is 2.11. The second-order valence-corrected chi connectivity index (χ2v) is 5.48. The largest absolute Gasteiger partial charge is 0.497 e. The summed E-state index contributed by atoms with van der Waals surface area (Å²) in [6.07, 6.45) is 0.437. The molecule has 7 nitrogen and oxygen atoms in total. The number of amides is 1. The second kappa shape index (κ2) is 8.15. The van der Waals surface area contributed by atoms with Crippen LogP contribution in [-0.2, 0) is 6.42 Å². The Morgan fingerprint density at radius 2 is 1.81 bits per heavy atom. The number of ether oxygens (including phenoxy) is 2. The van der Waals surface area contributed by atoms with Crippen LogP contribution in [0.15, 0.2) is 53.1 Å². The first-order chi connectivity index (χ1) is 12.7. The minimum absolute atomic E-state index is 0.184. The van der Waals surface area contributed by atoms with Gasteiger partial charge >= 0.3 is 0 Å². The number of methoxy groups -OCH3 is 2. The minimum Gasteiger partial charge on any atom is -0.497 e. The van der Waals surface area contributed by atoms with E-state index < -0.39 is 0 Å². The Morgan fingerprint density at radius 1 is 1.08 bits per heavy atom. The molecule has 0 aliphatic rings. The first-order valence-corrected chi connectivity index (χ1v) is 8.09. The highest BCUT2D eigenvalue weighted by Crippen LogP contribution is 2.21. The maximum absolute atomic E-state index is 12.2. The Labute approximate surface area is 150 Å². The standard InChI is InChI=1S/C19H19N3O4/c1-24-15-7-3-5-13(11-15)18-21-17(26-22-18)9-10-20-19(23)14-6-4-8-16(12-14)25-2/h3-8,11-12H,9-10H2,1-2H3,(H,20,23). The molecule has 1 N–H and O–H groups in total. The molecule has 0 saturated heterocycles. The summed E-state index contributed by atoms with van der Waals surface area (Å²) < 4.78 is 15.6. The van der Waals surface area contributed by atoms with Gasteiger partial charge in [-0.3, -0.25) is 4.79 Å². The summed E-state index contributed by atoms with van der Waals surface area (Å²) in [4.78, 5) is 16.5. The maximum Gasteiger partial charge on any atom is 0.251 e. The van der Waals surface area contributed by atoms with Crippen molar-refractivity contribution < 1.29 is 18.8 Å². The van der Waals surface area contributed by atoms with Crippen LogP contribution in [0.4, 0.5) is 0 Å². The predicted octanol–water partition coefficient (Wildman–Crippen LogP) is 2.73. The fourth-order valence-electron chi connectivity index (χ4n) is 2.39. The monoisotopic (exact) mass is 353 g/mol. The summed E-state index contributed by atoms with van der Waals surface area (Å²) in [6, 6.07) is 14.4. The van der Waals surface area contributed by atoms with Crippen LogP contribution in [0.1, 0.15) is 16.2 Å². The number of rotatable bonds is 7. The topological polar surface area (TPSA) is 86.5 Å². The molecule has 0 aliphatic heterocycles. The van der Waals surface area contributed by atoms with Gasteiger partial charge in [0.2, 0.25) is 11.7 Å². The quantitative estimate of drug-likeness (QED) is 0.703. The van der Waals surface area contributed by atoms with Crippen LogP contribution < -0.4 is 14.8 Å². The van der Waals surface area contributed by atoms with Crippen LogP contribution >= 0.6 is 0 Å². The number of nitrogens with one attached hydrogen (secondary N) is 1. The lowest BCUT2D eigenvalue weighted by molar-refractivity contribution is 0.0953. The molecule has 3 rings (SSSR count). The van der Waals surface area contributed by atoms with E-state index in [1.807, 2.05) is 24.3 Å². The third-order valence-corrected chi connectivity index (χ3v) is 3.75. The Kier molecular flexibility index (Phi) is 5.48. The summed E-state index contributed by atoms with van der Waals surface area (Å²) in [6.45, 7) is 0.385. The molecule has 1 aromatic heterocycles. The summed E-state index contributed by atoms with van der Waals surface area (Å²) >= 11 is 0. The van der Waals surface area contributed by atoms with Gasteiger partial charge in [0.25, 0.3) is 5.91 Å². The lowest BCUT2D eigenvalue weighted by Gasteiger charge is -2.05. The highest BCUT2D eigenvalue weighted by Gasteiger charge is 2.11. The van der Waals surface area contributed by atoms with Gasteiger partial charge in [-0.1, -0.05) is 23.4 Å². The minimum atomic E-state index is -0.184. The van der Waals surface area contributed by atoms with E-state index in [9.17, 15) is 4.79 Å². The Hall–Kier alpha value is -3.35. The molecule has 0 spiro atoms. The van der Waals surface area contributed by atoms with Crippen LogP contribution in [0, 0.1) is 0 Å². The van der Waals surface area contributed by atoms with Crippen molar-refractivity contribution in [2.75, 3.05) is 20.8 Å². The van der Waals surface area contributed by atoms with Crippen molar-refractivity contribution >= 4 is 5.91 Å². The van der Waals surface area contributed by atoms with Crippen LogP contribution in [0.3, 0.4) is 0 Å². The zero-order chi connectivity index (χ0) is 18.4. The Morgan fingerprint density at radius 3 is 2.58 bits per heavy atom. The lowest BCUT2D eigenvalue weighted by atomic mass is 10.2. The molecule has 0 unspecified atom stereocenters. The van der Waals surface area contributed by atoms with Gasteiger partial charge in [-0.2, -0.15) is 4.98 Å². The predicted molar refractivity (Wildman–Crippen MR) is 95.3 cm³/mol. The molecule has 3 aromatic rings. The van der Waals surface area contributed by atoms with E-state index in [2.05, 4.69) is 15.5 Å². The fraction of sp³-hybridized carbons (Fsp3) is 0.211. The average molecular weight is 353 g/mol. The number of benzene rings is 2. The molecule has 134 valence electrons. The molecule has 0 aliphatic carbocycles. The van der Waals surface area contributed by atoms with Crippen LogP contribution in [-0.4, -0.2) is 36.8 Å². The Balaban J connectivity index is 1.57. The lowest BCUT2D eigenvalue weighted by Crippen LogP contribution is -2.25. The van der Waals surface area contributed by atoms with Gasteiger partial charge in [0, 0.05) is 24.1 Å². The van der Waals surface area contributed by atoms with Gasteiger partial charge in [-0.25, -0.2) is 0 Å². The molecule has 0 atom stereocenters. The van der Waals surface area contributed by atoms with Crippen molar-refractivity contribution in [2.24, 2.45) is 0 Å². The molecule has 0 saturated carbocycles. The number of carbonyl (C=O) groups excluding carboxylic acids is 1. The van der Waals surface area contributed by atoms with Crippen molar-refractivity contribution in [1.29, 1.82) is 0 Å². The van der Waals surface area contributed by atoms with E-state index in [0.29, 0.717) is 36.0 Å². The first-order valence-electron chi connectivity index (χ1n) is 8.09. The zero-order valence-electron chi connectivity index (χ0n) is 14.6. The molecule has 0 bridgehead atoms. The van der Waals surface area contributed by atoms with Gasteiger partial charge in [0.15, 0.2) is 0 Å². The molecule has 0 radical (unpaired) electrons. The van der Waals surface area contributed by atoms with Gasteiger partial charge in [0.05, 0.1) is 14.2 Å². The van der Waals surface area contributed by atoms with Crippen molar-refractivity contribution in [3.05, 3.63) is 60.0 Å². The van der Waals surface area contributed by atoms with Crippen LogP contribution in [0.5, 0.6) is 11.5 Å². The SMILES string of the molecule is COc1cccc(C(=O)NCCc2nc(-c3cccc(OC)c3)no2)c1. The Bertz CT molecular complexity index is 892. The first kappa shape index (κ1) is 17.5. The third-order valence-electron chi connectivity index (χ3n) is 3.75. The van der Waals surface area contributed by atoms with E-state index in [0.717, 1.165) is 11.3 Å².